The molecule has 1 amide bonds. The summed E-state index contributed by atoms with van der Waals surface area (Å²) in [5.41, 5.74) is 4.52. The fraction of sp³-hybridized carbons (Fsp3) is 0.600. The maximum absolute atomic E-state index is 12.6. The van der Waals surface area contributed by atoms with Gasteiger partial charge in [0.15, 0.2) is 11.5 Å². The van der Waals surface area contributed by atoms with Crippen LogP contribution in [0.1, 0.15) is 49.4 Å². The lowest BCUT2D eigenvalue weighted by molar-refractivity contribution is 0.0942. The summed E-state index contributed by atoms with van der Waals surface area (Å²) in [6.07, 6.45) is 6.43. The molecule has 0 saturated heterocycles. The van der Waals surface area contributed by atoms with Crippen molar-refractivity contribution in [2.75, 3.05) is 13.7 Å². The lowest BCUT2D eigenvalue weighted by Crippen LogP contribution is -2.46. The van der Waals surface area contributed by atoms with Crippen LogP contribution in [-0.2, 0) is 0 Å². The fourth-order valence-electron chi connectivity index (χ4n) is 5.16. The van der Waals surface area contributed by atoms with Crippen LogP contribution in [-0.4, -0.2) is 25.3 Å². The molecule has 1 N–H and O–H groups in total. The van der Waals surface area contributed by atoms with E-state index in [2.05, 4.69) is 26.5 Å². The van der Waals surface area contributed by atoms with Crippen LogP contribution in [0.25, 0.3) is 0 Å². The fourth-order valence-corrected chi connectivity index (χ4v) is 5.72. The van der Waals surface area contributed by atoms with Gasteiger partial charge in [-0.3, -0.25) is 4.79 Å². The number of nitrogens with zero attached hydrogens (tertiary/aromatic N) is 1. The summed E-state index contributed by atoms with van der Waals surface area (Å²) in [5.74, 6) is 3.86. The minimum atomic E-state index is -0.214. The third-order valence-electron chi connectivity index (χ3n) is 6.04. The van der Waals surface area contributed by atoms with Gasteiger partial charge >= 0.3 is 0 Å². The van der Waals surface area contributed by atoms with Crippen molar-refractivity contribution in [3.05, 3.63) is 22.2 Å². The molecule has 4 aliphatic carbocycles. The summed E-state index contributed by atoms with van der Waals surface area (Å²) >= 11 is 3.47. The Balaban J connectivity index is 1.51. The molecule has 0 aliphatic heterocycles. The minimum absolute atomic E-state index is 0.214. The number of hydrazone groups is 1. The van der Waals surface area contributed by atoms with Gasteiger partial charge in [-0.15, -0.1) is 0 Å². The molecule has 1 aromatic rings. The predicted octanol–water partition coefficient (Wildman–Crippen LogP) is 4.40. The normalized spacial score (nSPS) is 28.8. The molecule has 4 saturated carbocycles. The van der Waals surface area contributed by atoms with Crippen molar-refractivity contribution in [3.63, 3.8) is 0 Å². The first-order valence-electron chi connectivity index (χ1n) is 9.47. The van der Waals surface area contributed by atoms with E-state index in [4.69, 9.17) is 9.47 Å². The topological polar surface area (TPSA) is 59.9 Å². The van der Waals surface area contributed by atoms with Crippen molar-refractivity contribution in [3.8, 4) is 11.5 Å². The molecule has 0 atom stereocenters. The van der Waals surface area contributed by atoms with Crippen LogP contribution in [0.2, 0.25) is 0 Å². The van der Waals surface area contributed by atoms with Gasteiger partial charge < -0.3 is 9.47 Å². The summed E-state index contributed by atoms with van der Waals surface area (Å²) in [5, 5.41) is 4.57. The molecule has 140 valence electrons. The van der Waals surface area contributed by atoms with Gasteiger partial charge in [0.05, 0.1) is 18.2 Å². The number of hydrogen-bond donors (Lipinski definition) is 1. The van der Waals surface area contributed by atoms with E-state index < -0.39 is 0 Å². The number of carbonyl (C=O) groups is 1. The van der Waals surface area contributed by atoms with Crippen molar-refractivity contribution in [1.82, 2.24) is 5.43 Å². The highest BCUT2D eigenvalue weighted by Crippen LogP contribution is 2.52. The van der Waals surface area contributed by atoms with Gasteiger partial charge in [-0.05, 0) is 90.8 Å². The van der Waals surface area contributed by atoms with Gasteiger partial charge in [0.1, 0.15) is 0 Å². The zero-order chi connectivity index (χ0) is 18.3. The third-order valence-corrected chi connectivity index (χ3v) is 6.63. The molecule has 5 nitrogen and oxygen atoms in total. The van der Waals surface area contributed by atoms with E-state index in [1.165, 1.54) is 37.8 Å². The van der Waals surface area contributed by atoms with Gasteiger partial charge in [0, 0.05) is 11.3 Å². The quantitative estimate of drug-likeness (QED) is 0.717. The second-order valence-corrected chi connectivity index (χ2v) is 8.56. The van der Waals surface area contributed by atoms with Crippen molar-refractivity contribution in [2.45, 2.75) is 39.0 Å². The maximum Gasteiger partial charge on any atom is 0.271 e. The Hall–Kier alpha value is -1.56. The molecule has 6 heteroatoms. The first-order chi connectivity index (χ1) is 12.6. The smallest absolute Gasteiger partial charge is 0.271 e. The van der Waals surface area contributed by atoms with E-state index in [1.807, 2.05) is 6.92 Å². The van der Waals surface area contributed by atoms with Crippen LogP contribution in [0.5, 0.6) is 11.5 Å². The van der Waals surface area contributed by atoms with Crippen molar-refractivity contribution in [1.29, 1.82) is 0 Å². The summed E-state index contributed by atoms with van der Waals surface area (Å²) in [6.45, 7) is 2.44. The Kier molecular flexibility index (Phi) is 4.95. The Bertz CT molecular complexity index is 717. The summed E-state index contributed by atoms with van der Waals surface area (Å²) < 4.78 is 11.7. The highest BCUT2D eigenvalue weighted by atomic mass is 79.9. The van der Waals surface area contributed by atoms with Crippen LogP contribution in [0.3, 0.4) is 0 Å². The lowest BCUT2D eigenvalue weighted by atomic mass is 9.55. The van der Waals surface area contributed by atoms with E-state index in [1.54, 1.807) is 19.2 Å². The molecule has 5 rings (SSSR count). The average molecular weight is 421 g/mol. The van der Waals surface area contributed by atoms with Gasteiger partial charge in [-0.1, -0.05) is 0 Å². The van der Waals surface area contributed by atoms with Gasteiger partial charge in [0.2, 0.25) is 0 Å². The van der Waals surface area contributed by atoms with E-state index in [-0.39, 0.29) is 5.91 Å². The number of ether oxygens (including phenoxy) is 2. The molecule has 0 spiro atoms. The van der Waals surface area contributed by atoms with Crippen molar-refractivity contribution >= 4 is 27.5 Å². The molecule has 4 fully saturated rings. The van der Waals surface area contributed by atoms with Gasteiger partial charge in [0.25, 0.3) is 5.91 Å². The van der Waals surface area contributed by atoms with Crippen LogP contribution in [0, 0.1) is 23.7 Å². The molecule has 0 aromatic heterocycles. The number of hydrogen-bond acceptors (Lipinski definition) is 4. The zero-order valence-electron chi connectivity index (χ0n) is 15.3. The van der Waals surface area contributed by atoms with Gasteiger partial charge in [-0.2, -0.15) is 5.10 Å². The number of benzene rings is 1. The molecule has 1 aromatic carbocycles. The van der Waals surface area contributed by atoms with Crippen LogP contribution >= 0.6 is 15.9 Å². The molecule has 4 aliphatic rings. The Labute approximate surface area is 162 Å². The highest BCUT2D eigenvalue weighted by Gasteiger charge is 2.46. The molecule has 26 heavy (non-hydrogen) atoms. The summed E-state index contributed by atoms with van der Waals surface area (Å²) in [4.78, 5) is 12.6. The highest BCUT2D eigenvalue weighted by molar-refractivity contribution is 9.10. The maximum atomic E-state index is 12.6. The Morgan fingerprint density at radius 1 is 1.19 bits per heavy atom. The van der Waals surface area contributed by atoms with Crippen LogP contribution in [0.4, 0.5) is 0 Å². The minimum Gasteiger partial charge on any atom is -0.493 e. The molecule has 0 radical (unpaired) electrons. The van der Waals surface area contributed by atoms with Crippen molar-refractivity contribution in [2.24, 2.45) is 28.8 Å². The van der Waals surface area contributed by atoms with E-state index in [9.17, 15) is 4.79 Å². The lowest BCUT2D eigenvalue weighted by Gasteiger charge is -2.50. The van der Waals surface area contributed by atoms with E-state index in [0.717, 1.165) is 11.8 Å². The third kappa shape index (κ3) is 3.24. The molecule has 0 unspecified atom stereocenters. The first kappa shape index (κ1) is 17.8. The number of amides is 1. The average Bonchev–Trinajstić information content (AvgIpc) is 2.62. The van der Waals surface area contributed by atoms with Crippen molar-refractivity contribution < 1.29 is 14.3 Å². The second kappa shape index (κ2) is 7.22. The number of methoxy groups -OCH3 is 1. The van der Waals surface area contributed by atoms with E-state index >= 15 is 0 Å². The van der Waals surface area contributed by atoms with E-state index in [0.29, 0.717) is 40.0 Å². The second-order valence-electron chi connectivity index (χ2n) is 7.70. The SMILES string of the molecule is CCOc1c(Br)cc(C(=O)NN=C2C3CC4CC(C3)CC2C4)cc1OC. The monoisotopic (exact) mass is 420 g/mol. The largest absolute Gasteiger partial charge is 0.493 e. The van der Waals surface area contributed by atoms with Gasteiger partial charge in [-0.25, -0.2) is 5.43 Å². The Morgan fingerprint density at radius 3 is 2.42 bits per heavy atom. The number of nitrogens with one attached hydrogen (secondary N) is 1. The predicted molar refractivity (Wildman–Crippen MR) is 104 cm³/mol. The summed E-state index contributed by atoms with van der Waals surface area (Å²) in [7, 11) is 1.57. The number of rotatable bonds is 5. The van der Waals surface area contributed by atoms with Crippen LogP contribution in [0.15, 0.2) is 21.7 Å². The molecule has 0 heterocycles. The first-order valence-corrected chi connectivity index (χ1v) is 10.3. The van der Waals surface area contributed by atoms with Crippen LogP contribution < -0.4 is 14.9 Å². The Morgan fingerprint density at radius 2 is 1.85 bits per heavy atom. The summed E-state index contributed by atoms with van der Waals surface area (Å²) in [6, 6.07) is 3.45. The standard InChI is InChI=1S/C20H25BrN2O3/c1-3-26-19-16(21)9-15(10-17(19)25-2)20(24)23-22-18-13-5-11-4-12(7-13)8-14(18)6-11/h9-14H,3-8H2,1-2H3,(H,23,24). The molecular weight excluding hydrogens is 396 g/mol. The molecule has 4 bridgehead atoms. The molecular formula is C20H25BrN2O3. The number of halogens is 1. The number of carbonyl (C=O) groups excluding carboxylic acids is 1. The zero-order valence-corrected chi connectivity index (χ0v) is 16.8.